The normalized spacial score (nSPS) is 10.0. The van der Waals surface area contributed by atoms with Gasteiger partial charge in [-0.05, 0) is 24.1 Å². The minimum atomic E-state index is 0.137. The smallest absolute Gasteiger partial charge is 0.134 e. The molecule has 0 bridgehead atoms. The van der Waals surface area contributed by atoms with Gasteiger partial charge in [0.05, 0.1) is 0 Å². The molecule has 0 aliphatic carbocycles. The number of nitrogen functional groups attached to an aromatic ring is 1. The molecular formula is C10H12BrNO. The molecule has 2 nitrogen and oxygen atoms in total. The molecule has 0 radical (unpaired) electrons. The van der Waals surface area contributed by atoms with E-state index in [1.165, 1.54) is 0 Å². The van der Waals surface area contributed by atoms with Crippen molar-refractivity contribution in [2.75, 3.05) is 5.73 Å². The van der Waals surface area contributed by atoms with Gasteiger partial charge in [-0.3, -0.25) is 4.79 Å². The molecule has 1 aromatic carbocycles. The summed E-state index contributed by atoms with van der Waals surface area (Å²) in [7, 11) is 0. The van der Waals surface area contributed by atoms with Gasteiger partial charge in [-0.15, -0.1) is 0 Å². The number of benzene rings is 1. The Balaban J connectivity index is 2.91. The maximum atomic E-state index is 10.9. The first-order valence-corrected chi connectivity index (χ1v) is 5.18. The van der Waals surface area contributed by atoms with E-state index in [4.69, 9.17) is 5.73 Å². The topological polar surface area (TPSA) is 43.1 Å². The van der Waals surface area contributed by atoms with Gasteiger partial charge in [-0.2, -0.15) is 0 Å². The first kappa shape index (κ1) is 10.3. The zero-order chi connectivity index (χ0) is 9.84. The highest BCUT2D eigenvalue weighted by molar-refractivity contribution is 9.08. The lowest BCUT2D eigenvalue weighted by molar-refractivity contribution is -0.116. The summed E-state index contributed by atoms with van der Waals surface area (Å²) in [5.41, 5.74) is 8.52. The van der Waals surface area contributed by atoms with Gasteiger partial charge in [0, 0.05) is 17.4 Å². The van der Waals surface area contributed by atoms with Crippen molar-refractivity contribution in [3.05, 3.63) is 29.3 Å². The average Bonchev–Trinajstić information content (AvgIpc) is 2.08. The van der Waals surface area contributed by atoms with Gasteiger partial charge in [0.1, 0.15) is 5.78 Å². The van der Waals surface area contributed by atoms with E-state index in [9.17, 15) is 4.79 Å². The van der Waals surface area contributed by atoms with Crippen LogP contribution in [0.3, 0.4) is 0 Å². The van der Waals surface area contributed by atoms with Crippen molar-refractivity contribution in [2.24, 2.45) is 0 Å². The molecule has 0 aromatic heterocycles. The highest BCUT2D eigenvalue weighted by Crippen LogP contribution is 2.16. The SMILES string of the molecule is CC(=O)Cc1ccc(CBr)cc1N. The number of ketones is 1. The molecule has 0 amide bonds. The number of anilines is 1. The van der Waals surface area contributed by atoms with Crippen molar-refractivity contribution in [2.45, 2.75) is 18.7 Å². The molecule has 3 heteroatoms. The third-order valence-corrected chi connectivity index (χ3v) is 2.45. The zero-order valence-electron chi connectivity index (χ0n) is 7.51. The van der Waals surface area contributed by atoms with Crippen LogP contribution < -0.4 is 5.73 Å². The Morgan fingerprint density at radius 1 is 1.54 bits per heavy atom. The standard InChI is InChI=1S/C10H12BrNO/c1-7(13)4-9-3-2-8(6-11)5-10(9)12/h2-3,5H,4,6,12H2,1H3. The fraction of sp³-hybridized carbons (Fsp3) is 0.300. The Hall–Kier alpha value is -0.830. The molecule has 0 saturated heterocycles. The predicted molar refractivity (Wildman–Crippen MR) is 57.9 cm³/mol. The molecular weight excluding hydrogens is 230 g/mol. The molecule has 0 spiro atoms. The number of Topliss-reactive ketones (excluding diaryl/α,β-unsaturated/α-hetero) is 1. The summed E-state index contributed by atoms with van der Waals surface area (Å²) in [5.74, 6) is 0.137. The number of rotatable bonds is 3. The third-order valence-electron chi connectivity index (χ3n) is 1.80. The molecule has 70 valence electrons. The molecule has 1 aromatic rings. The molecule has 0 aliphatic heterocycles. The van der Waals surface area contributed by atoms with E-state index in [-0.39, 0.29) is 5.78 Å². The molecule has 0 aliphatic rings. The molecule has 0 heterocycles. The van der Waals surface area contributed by atoms with Crippen LogP contribution in [-0.4, -0.2) is 5.78 Å². The van der Waals surface area contributed by atoms with E-state index in [1.54, 1.807) is 6.92 Å². The number of alkyl halides is 1. The number of hydrogen-bond donors (Lipinski definition) is 1. The van der Waals surface area contributed by atoms with Gasteiger partial charge in [-0.25, -0.2) is 0 Å². The fourth-order valence-electron chi connectivity index (χ4n) is 1.16. The predicted octanol–water partition coefficient (Wildman–Crippen LogP) is 2.30. The van der Waals surface area contributed by atoms with Crippen molar-refractivity contribution in [1.29, 1.82) is 0 Å². The maximum Gasteiger partial charge on any atom is 0.134 e. The highest BCUT2D eigenvalue weighted by Gasteiger charge is 2.02. The van der Waals surface area contributed by atoms with E-state index in [0.717, 1.165) is 16.5 Å². The van der Waals surface area contributed by atoms with E-state index >= 15 is 0 Å². The Kier molecular flexibility index (Phi) is 3.48. The zero-order valence-corrected chi connectivity index (χ0v) is 9.10. The van der Waals surface area contributed by atoms with Gasteiger partial charge >= 0.3 is 0 Å². The number of carbonyl (C=O) groups excluding carboxylic acids is 1. The molecule has 13 heavy (non-hydrogen) atoms. The summed E-state index contributed by atoms with van der Waals surface area (Å²) in [5, 5.41) is 0.789. The van der Waals surface area contributed by atoms with Crippen molar-refractivity contribution in [3.63, 3.8) is 0 Å². The van der Waals surface area contributed by atoms with Crippen LogP contribution in [0.25, 0.3) is 0 Å². The number of carbonyl (C=O) groups is 1. The summed E-state index contributed by atoms with van der Waals surface area (Å²) in [6, 6.07) is 5.78. The lowest BCUT2D eigenvalue weighted by Gasteiger charge is -2.04. The number of hydrogen-bond acceptors (Lipinski definition) is 2. The van der Waals surface area contributed by atoms with Gasteiger partial charge in [-0.1, -0.05) is 28.1 Å². The number of halogens is 1. The Bertz CT molecular complexity index is 323. The second-order valence-electron chi connectivity index (χ2n) is 3.05. The maximum absolute atomic E-state index is 10.9. The van der Waals surface area contributed by atoms with Crippen LogP contribution in [0.15, 0.2) is 18.2 Å². The van der Waals surface area contributed by atoms with Crippen LogP contribution in [0, 0.1) is 0 Å². The minimum absolute atomic E-state index is 0.137. The third kappa shape index (κ3) is 2.84. The van der Waals surface area contributed by atoms with Crippen molar-refractivity contribution in [3.8, 4) is 0 Å². The molecule has 2 N–H and O–H groups in total. The first-order chi connectivity index (χ1) is 6.13. The Labute approximate surface area is 86.3 Å². The molecule has 0 saturated carbocycles. The Morgan fingerprint density at radius 3 is 2.69 bits per heavy atom. The fourth-order valence-corrected chi connectivity index (χ4v) is 1.51. The summed E-state index contributed by atoms with van der Waals surface area (Å²) < 4.78 is 0. The lowest BCUT2D eigenvalue weighted by Crippen LogP contribution is -2.01. The lowest BCUT2D eigenvalue weighted by atomic mass is 10.1. The quantitative estimate of drug-likeness (QED) is 0.652. The second kappa shape index (κ2) is 4.42. The molecule has 1 rings (SSSR count). The molecule has 0 fully saturated rings. The monoisotopic (exact) mass is 241 g/mol. The largest absolute Gasteiger partial charge is 0.398 e. The Morgan fingerprint density at radius 2 is 2.23 bits per heavy atom. The van der Waals surface area contributed by atoms with Crippen molar-refractivity contribution < 1.29 is 4.79 Å². The summed E-state index contributed by atoms with van der Waals surface area (Å²) in [6.07, 6.45) is 0.425. The van der Waals surface area contributed by atoms with Crippen LogP contribution in [-0.2, 0) is 16.5 Å². The second-order valence-corrected chi connectivity index (χ2v) is 3.61. The van der Waals surface area contributed by atoms with Gasteiger partial charge in [0.15, 0.2) is 0 Å². The van der Waals surface area contributed by atoms with Crippen molar-refractivity contribution >= 4 is 27.4 Å². The van der Waals surface area contributed by atoms with Gasteiger partial charge < -0.3 is 5.73 Å². The van der Waals surface area contributed by atoms with Crippen molar-refractivity contribution in [1.82, 2.24) is 0 Å². The van der Waals surface area contributed by atoms with Crippen LogP contribution >= 0.6 is 15.9 Å². The van der Waals surface area contributed by atoms with E-state index in [0.29, 0.717) is 12.1 Å². The highest BCUT2D eigenvalue weighted by atomic mass is 79.9. The molecule has 0 unspecified atom stereocenters. The first-order valence-electron chi connectivity index (χ1n) is 4.06. The average molecular weight is 242 g/mol. The van der Waals surface area contributed by atoms with Gasteiger partial charge in [0.2, 0.25) is 0 Å². The van der Waals surface area contributed by atoms with E-state index in [1.807, 2.05) is 18.2 Å². The summed E-state index contributed by atoms with van der Waals surface area (Å²) in [4.78, 5) is 10.9. The van der Waals surface area contributed by atoms with E-state index < -0.39 is 0 Å². The summed E-state index contributed by atoms with van der Waals surface area (Å²) in [6.45, 7) is 1.57. The van der Waals surface area contributed by atoms with Crippen LogP contribution in [0.2, 0.25) is 0 Å². The summed E-state index contributed by atoms with van der Waals surface area (Å²) >= 11 is 3.34. The van der Waals surface area contributed by atoms with Crippen LogP contribution in [0.5, 0.6) is 0 Å². The van der Waals surface area contributed by atoms with Crippen LogP contribution in [0.1, 0.15) is 18.1 Å². The van der Waals surface area contributed by atoms with Crippen LogP contribution in [0.4, 0.5) is 5.69 Å². The van der Waals surface area contributed by atoms with E-state index in [2.05, 4.69) is 15.9 Å². The minimum Gasteiger partial charge on any atom is -0.398 e. The molecule has 0 atom stereocenters. The number of nitrogens with two attached hydrogens (primary N) is 1. The van der Waals surface area contributed by atoms with Gasteiger partial charge in [0.25, 0.3) is 0 Å².